The summed E-state index contributed by atoms with van der Waals surface area (Å²) in [6.07, 6.45) is -0.950. The quantitative estimate of drug-likeness (QED) is 0.652. The van der Waals surface area contributed by atoms with Gasteiger partial charge in [-0.2, -0.15) is 4.80 Å². The average molecular weight is 357 g/mol. The number of tetrazole rings is 1. The molecule has 0 aliphatic carbocycles. The zero-order valence-electron chi connectivity index (χ0n) is 13.6. The summed E-state index contributed by atoms with van der Waals surface area (Å²) in [5.74, 6) is -0.622. The molecule has 3 rings (SSSR count). The largest absolute Gasteiger partial charge is 0.488 e. The van der Waals surface area contributed by atoms with Crippen LogP contribution in [0.15, 0.2) is 48.5 Å². The summed E-state index contributed by atoms with van der Waals surface area (Å²) in [5, 5.41) is 21.9. The molecule has 0 saturated carbocycles. The highest BCUT2D eigenvalue weighted by atomic mass is 19.1. The molecule has 1 heterocycles. The van der Waals surface area contributed by atoms with E-state index in [1.54, 1.807) is 36.4 Å². The number of halogens is 1. The number of nitrogens with two attached hydrogens (primary N) is 1. The smallest absolute Gasteiger partial charge is 0.248 e. The average Bonchev–Trinajstić information content (AvgIpc) is 3.09. The molecule has 0 bridgehead atoms. The van der Waals surface area contributed by atoms with Crippen LogP contribution in [0.1, 0.15) is 10.4 Å². The number of carbonyl (C=O) groups is 1. The molecule has 2 aromatic carbocycles. The van der Waals surface area contributed by atoms with Gasteiger partial charge >= 0.3 is 0 Å². The number of primary amides is 1. The molecule has 0 aliphatic rings. The van der Waals surface area contributed by atoms with E-state index in [0.717, 1.165) is 0 Å². The maximum atomic E-state index is 13.5. The number of amides is 1. The summed E-state index contributed by atoms with van der Waals surface area (Å²) in [6, 6.07) is 12.4. The summed E-state index contributed by atoms with van der Waals surface area (Å²) >= 11 is 0. The fraction of sp³-hybridized carbons (Fsp3) is 0.176. The molecule has 0 aliphatic heterocycles. The number of hydrogen-bond acceptors (Lipinski definition) is 6. The van der Waals surface area contributed by atoms with Crippen molar-refractivity contribution in [2.45, 2.75) is 12.6 Å². The molecule has 0 radical (unpaired) electrons. The van der Waals surface area contributed by atoms with Gasteiger partial charge in [0.15, 0.2) is 11.6 Å². The Morgan fingerprint density at radius 1 is 1.23 bits per heavy atom. The molecule has 0 unspecified atom stereocenters. The second-order valence-corrected chi connectivity index (χ2v) is 5.50. The highest BCUT2D eigenvalue weighted by Crippen LogP contribution is 2.16. The predicted molar refractivity (Wildman–Crippen MR) is 89.7 cm³/mol. The molecule has 134 valence electrons. The molecule has 3 aromatic rings. The minimum absolute atomic E-state index is 0.0286. The number of rotatable bonds is 7. The second kappa shape index (κ2) is 7.70. The van der Waals surface area contributed by atoms with Gasteiger partial charge < -0.3 is 15.6 Å². The van der Waals surface area contributed by atoms with Crippen LogP contribution in [-0.4, -0.2) is 43.9 Å². The third kappa shape index (κ3) is 4.19. The molecule has 3 N–H and O–H groups in total. The Morgan fingerprint density at radius 3 is 2.65 bits per heavy atom. The van der Waals surface area contributed by atoms with Crippen LogP contribution >= 0.6 is 0 Å². The van der Waals surface area contributed by atoms with Crippen LogP contribution < -0.4 is 10.5 Å². The number of aromatic nitrogens is 4. The monoisotopic (exact) mass is 357 g/mol. The molecular formula is C17H16FN5O3. The summed E-state index contributed by atoms with van der Waals surface area (Å²) < 4.78 is 18.7. The van der Waals surface area contributed by atoms with Gasteiger partial charge in [0.05, 0.1) is 6.54 Å². The van der Waals surface area contributed by atoms with Crippen LogP contribution in [0.4, 0.5) is 4.39 Å². The van der Waals surface area contributed by atoms with Gasteiger partial charge in [-0.15, -0.1) is 10.2 Å². The number of benzene rings is 2. The SMILES string of the molecule is NC(=O)c1ccc(-c2nnn(C[C@@H](O)COc3ccccc3F)n2)cc1. The lowest BCUT2D eigenvalue weighted by molar-refractivity contribution is 0.0831. The van der Waals surface area contributed by atoms with Crippen LogP contribution in [-0.2, 0) is 6.54 Å². The van der Waals surface area contributed by atoms with Crippen molar-refractivity contribution in [3.8, 4) is 17.1 Å². The lowest BCUT2D eigenvalue weighted by atomic mass is 10.1. The van der Waals surface area contributed by atoms with Crippen molar-refractivity contribution in [2.75, 3.05) is 6.61 Å². The summed E-state index contributed by atoms with van der Waals surface area (Å²) in [4.78, 5) is 12.3. The molecule has 1 amide bonds. The number of carbonyl (C=O) groups excluding carboxylic acids is 1. The Hall–Kier alpha value is -3.33. The molecule has 26 heavy (non-hydrogen) atoms. The van der Waals surface area contributed by atoms with Crippen molar-refractivity contribution in [1.29, 1.82) is 0 Å². The van der Waals surface area contributed by atoms with Crippen molar-refractivity contribution in [3.63, 3.8) is 0 Å². The standard InChI is InChI=1S/C17H16FN5O3/c18-14-3-1-2-4-15(14)26-10-13(24)9-23-21-17(20-22-23)12-7-5-11(6-8-12)16(19)25/h1-8,13,24H,9-10H2,(H2,19,25)/t13-/m1/s1. The van der Waals surface area contributed by atoms with E-state index in [-0.39, 0.29) is 18.9 Å². The van der Waals surface area contributed by atoms with Crippen molar-refractivity contribution in [2.24, 2.45) is 5.73 Å². The number of para-hydroxylation sites is 1. The van der Waals surface area contributed by atoms with E-state index in [9.17, 15) is 14.3 Å². The van der Waals surface area contributed by atoms with Crippen LogP contribution in [0, 0.1) is 5.82 Å². The van der Waals surface area contributed by atoms with Gasteiger partial charge in [0, 0.05) is 11.1 Å². The van der Waals surface area contributed by atoms with Crippen molar-refractivity contribution < 1.29 is 19.0 Å². The van der Waals surface area contributed by atoms with Crippen LogP contribution in [0.25, 0.3) is 11.4 Å². The third-order valence-electron chi connectivity index (χ3n) is 3.52. The Bertz CT molecular complexity index is 897. The Balaban J connectivity index is 1.59. The molecular weight excluding hydrogens is 341 g/mol. The molecule has 0 fully saturated rings. The van der Waals surface area contributed by atoms with Gasteiger partial charge in [-0.1, -0.05) is 24.3 Å². The lowest BCUT2D eigenvalue weighted by Gasteiger charge is -2.11. The first kappa shape index (κ1) is 17.5. The molecule has 1 aromatic heterocycles. The topological polar surface area (TPSA) is 116 Å². The van der Waals surface area contributed by atoms with E-state index in [2.05, 4.69) is 15.4 Å². The summed E-state index contributed by atoms with van der Waals surface area (Å²) in [7, 11) is 0. The van der Waals surface area contributed by atoms with Crippen molar-refractivity contribution >= 4 is 5.91 Å². The summed E-state index contributed by atoms with van der Waals surface area (Å²) in [5.41, 5.74) is 6.22. The fourth-order valence-corrected chi connectivity index (χ4v) is 2.21. The normalized spacial score (nSPS) is 11.9. The Kier molecular flexibility index (Phi) is 5.18. The minimum atomic E-state index is -0.950. The Labute approximate surface area is 148 Å². The first-order chi connectivity index (χ1) is 12.5. The minimum Gasteiger partial charge on any atom is -0.488 e. The molecule has 9 heteroatoms. The maximum Gasteiger partial charge on any atom is 0.248 e. The Morgan fingerprint density at radius 2 is 1.96 bits per heavy atom. The van der Waals surface area contributed by atoms with Crippen LogP contribution in [0.2, 0.25) is 0 Å². The van der Waals surface area contributed by atoms with E-state index >= 15 is 0 Å². The maximum absolute atomic E-state index is 13.5. The zero-order chi connectivity index (χ0) is 18.5. The van der Waals surface area contributed by atoms with Crippen LogP contribution in [0.5, 0.6) is 5.75 Å². The second-order valence-electron chi connectivity index (χ2n) is 5.50. The summed E-state index contributed by atoms with van der Waals surface area (Å²) in [6.45, 7) is -0.0913. The molecule has 8 nitrogen and oxygen atoms in total. The van der Waals surface area contributed by atoms with Crippen LogP contribution in [0.3, 0.4) is 0 Å². The number of ether oxygens (including phenoxy) is 1. The van der Waals surface area contributed by atoms with E-state index in [1.807, 2.05) is 0 Å². The molecule has 1 atom stereocenters. The van der Waals surface area contributed by atoms with Gasteiger partial charge in [0.25, 0.3) is 0 Å². The zero-order valence-corrected chi connectivity index (χ0v) is 13.6. The number of hydrogen-bond donors (Lipinski definition) is 2. The fourth-order valence-electron chi connectivity index (χ4n) is 2.21. The molecule has 0 saturated heterocycles. The molecule has 0 spiro atoms. The highest BCUT2D eigenvalue weighted by molar-refractivity contribution is 5.93. The number of nitrogens with zero attached hydrogens (tertiary/aromatic N) is 4. The predicted octanol–water partition coefficient (Wildman–Crippen LogP) is 1.02. The third-order valence-corrected chi connectivity index (χ3v) is 3.52. The van der Waals surface area contributed by atoms with Gasteiger partial charge in [-0.3, -0.25) is 4.79 Å². The van der Waals surface area contributed by atoms with Gasteiger partial charge in [0.1, 0.15) is 12.7 Å². The van der Waals surface area contributed by atoms with E-state index in [0.29, 0.717) is 17.0 Å². The van der Waals surface area contributed by atoms with Crippen molar-refractivity contribution in [1.82, 2.24) is 20.2 Å². The number of aliphatic hydroxyl groups excluding tert-OH is 1. The van der Waals surface area contributed by atoms with Gasteiger partial charge in [-0.05, 0) is 29.5 Å². The van der Waals surface area contributed by atoms with E-state index < -0.39 is 17.8 Å². The van der Waals surface area contributed by atoms with Gasteiger partial charge in [0.2, 0.25) is 11.7 Å². The van der Waals surface area contributed by atoms with E-state index in [4.69, 9.17) is 10.5 Å². The lowest BCUT2D eigenvalue weighted by Crippen LogP contribution is -2.25. The highest BCUT2D eigenvalue weighted by Gasteiger charge is 2.12. The van der Waals surface area contributed by atoms with Crippen molar-refractivity contribution in [3.05, 3.63) is 59.9 Å². The first-order valence-corrected chi connectivity index (χ1v) is 7.76. The van der Waals surface area contributed by atoms with E-state index in [1.165, 1.54) is 16.9 Å². The van der Waals surface area contributed by atoms with Gasteiger partial charge in [-0.25, -0.2) is 4.39 Å². The first-order valence-electron chi connectivity index (χ1n) is 7.76. The number of aliphatic hydroxyl groups is 1.